The SMILES string of the molecule is C=CC(=O)Oc1ccc(Nc2ccc3ccccc3c2)cc1. The molecule has 3 aromatic carbocycles. The van der Waals surface area contributed by atoms with Gasteiger partial charge in [0.05, 0.1) is 0 Å². The number of carbonyl (C=O) groups excluding carboxylic acids is 1. The van der Waals surface area contributed by atoms with E-state index in [4.69, 9.17) is 4.74 Å². The van der Waals surface area contributed by atoms with Crippen LogP contribution < -0.4 is 10.1 Å². The molecule has 3 rings (SSSR count). The highest BCUT2D eigenvalue weighted by Gasteiger charge is 2.01. The van der Waals surface area contributed by atoms with Crippen LogP contribution in [-0.4, -0.2) is 5.97 Å². The van der Waals surface area contributed by atoms with E-state index in [1.807, 2.05) is 30.3 Å². The molecule has 0 amide bonds. The van der Waals surface area contributed by atoms with Crippen molar-refractivity contribution in [2.24, 2.45) is 0 Å². The summed E-state index contributed by atoms with van der Waals surface area (Å²) in [5, 5.41) is 5.72. The van der Waals surface area contributed by atoms with Gasteiger partial charge in [0.15, 0.2) is 0 Å². The lowest BCUT2D eigenvalue weighted by Gasteiger charge is -2.08. The Bertz CT molecular complexity index is 822. The summed E-state index contributed by atoms with van der Waals surface area (Å²) in [6, 6.07) is 21.6. The molecule has 3 aromatic rings. The van der Waals surface area contributed by atoms with Crippen molar-refractivity contribution in [3.63, 3.8) is 0 Å². The van der Waals surface area contributed by atoms with Crippen LogP contribution in [0.2, 0.25) is 0 Å². The molecule has 3 heteroatoms. The van der Waals surface area contributed by atoms with E-state index in [0.717, 1.165) is 17.5 Å². The fraction of sp³-hybridized carbons (Fsp3) is 0. The number of nitrogens with one attached hydrogen (secondary N) is 1. The van der Waals surface area contributed by atoms with Crippen LogP contribution in [-0.2, 0) is 4.79 Å². The van der Waals surface area contributed by atoms with Crippen LogP contribution in [0.15, 0.2) is 79.4 Å². The van der Waals surface area contributed by atoms with Gasteiger partial charge in [0.2, 0.25) is 0 Å². The summed E-state index contributed by atoms with van der Waals surface area (Å²) in [7, 11) is 0. The van der Waals surface area contributed by atoms with Gasteiger partial charge < -0.3 is 10.1 Å². The van der Waals surface area contributed by atoms with Crippen LogP contribution in [0.4, 0.5) is 11.4 Å². The van der Waals surface area contributed by atoms with Crippen molar-refractivity contribution in [2.45, 2.75) is 0 Å². The van der Waals surface area contributed by atoms with Gasteiger partial charge in [-0.05, 0) is 47.2 Å². The second-order valence-corrected chi connectivity index (χ2v) is 4.84. The minimum atomic E-state index is -0.463. The lowest BCUT2D eigenvalue weighted by molar-refractivity contribution is -0.128. The first-order valence-corrected chi connectivity index (χ1v) is 6.95. The molecule has 0 saturated carbocycles. The first-order valence-electron chi connectivity index (χ1n) is 6.95. The third-order valence-corrected chi connectivity index (χ3v) is 3.28. The molecule has 3 nitrogen and oxygen atoms in total. The van der Waals surface area contributed by atoms with Crippen molar-refractivity contribution in [1.82, 2.24) is 0 Å². The van der Waals surface area contributed by atoms with Crippen LogP contribution >= 0.6 is 0 Å². The number of ether oxygens (including phenoxy) is 1. The maximum absolute atomic E-state index is 11.1. The van der Waals surface area contributed by atoms with Gasteiger partial charge in [0.25, 0.3) is 0 Å². The fourth-order valence-electron chi connectivity index (χ4n) is 2.20. The summed E-state index contributed by atoms with van der Waals surface area (Å²) in [5.41, 5.74) is 1.93. The molecule has 0 heterocycles. The van der Waals surface area contributed by atoms with Crippen molar-refractivity contribution in [3.05, 3.63) is 79.4 Å². The van der Waals surface area contributed by atoms with E-state index in [1.165, 1.54) is 10.8 Å². The molecule has 0 aliphatic heterocycles. The van der Waals surface area contributed by atoms with Crippen LogP contribution in [0.5, 0.6) is 5.75 Å². The zero-order valence-corrected chi connectivity index (χ0v) is 12.0. The number of esters is 1. The van der Waals surface area contributed by atoms with Crippen LogP contribution in [0, 0.1) is 0 Å². The molecule has 0 bridgehead atoms. The first-order chi connectivity index (χ1) is 10.7. The summed E-state index contributed by atoms with van der Waals surface area (Å²) >= 11 is 0. The Morgan fingerprint density at radius 2 is 1.59 bits per heavy atom. The third kappa shape index (κ3) is 3.15. The topological polar surface area (TPSA) is 38.3 Å². The summed E-state index contributed by atoms with van der Waals surface area (Å²) in [4.78, 5) is 11.1. The number of rotatable bonds is 4. The quantitative estimate of drug-likeness (QED) is 0.431. The van der Waals surface area contributed by atoms with Crippen molar-refractivity contribution in [2.75, 3.05) is 5.32 Å². The highest BCUT2D eigenvalue weighted by Crippen LogP contribution is 2.23. The highest BCUT2D eigenvalue weighted by atomic mass is 16.5. The van der Waals surface area contributed by atoms with Crippen LogP contribution in [0.3, 0.4) is 0 Å². The Morgan fingerprint density at radius 1 is 0.909 bits per heavy atom. The van der Waals surface area contributed by atoms with Crippen LogP contribution in [0.25, 0.3) is 10.8 Å². The molecule has 0 radical (unpaired) electrons. The second kappa shape index (κ2) is 6.14. The molecular formula is C19H15NO2. The van der Waals surface area contributed by atoms with Gasteiger partial charge in [-0.2, -0.15) is 0 Å². The monoisotopic (exact) mass is 289 g/mol. The van der Waals surface area contributed by atoms with Crippen molar-refractivity contribution >= 4 is 28.1 Å². The average Bonchev–Trinajstić information content (AvgIpc) is 2.56. The van der Waals surface area contributed by atoms with Gasteiger partial charge in [-0.1, -0.05) is 36.9 Å². The number of benzene rings is 3. The number of fused-ring (bicyclic) bond motifs is 1. The maximum atomic E-state index is 11.1. The zero-order valence-electron chi connectivity index (χ0n) is 12.0. The minimum absolute atomic E-state index is 0.463. The van der Waals surface area contributed by atoms with Crippen molar-refractivity contribution < 1.29 is 9.53 Å². The Kier molecular flexibility index (Phi) is 3.88. The lowest BCUT2D eigenvalue weighted by Crippen LogP contribution is -2.02. The first kappa shape index (κ1) is 13.9. The fourth-order valence-corrected chi connectivity index (χ4v) is 2.20. The highest BCUT2D eigenvalue weighted by molar-refractivity contribution is 5.86. The van der Waals surface area contributed by atoms with E-state index in [9.17, 15) is 4.79 Å². The van der Waals surface area contributed by atoms with Crippen molar-refractivity contribution in [1.29, 1.82) is 0 Å². The molecule has 108 valence electrons. The van der Waals surface area contributed by atoms with Crippen LogP contribution in [0.1, 0.15) is 0 Å². The number of hydrogen-bond donors (Lipinski definition) is 1. The zero-order chi connectivity index (χ0) is 15.4. The summed E-state index contributed by atoms with van der Waals surface area (Å²) in [5.74, 6) is 0.0317. The predicted octanol–water partition coefficient (Wildman–Crippen LogP) is 4.67. The Morgan fingerprint density at radius 3 is 2.32 bits per heavy atom. The largest absolute Gasteiger partial charge is 0.423 e. The van der Waals surface area contributed by atoms with E-state index in [1.54, 1.807) is 12.1 Å². The van der Waals surface area contributed by atoms with Crippen molar-refractivity contribution in [3.8, 4) is 5.75 Å². The molecule has 0 aromatic heterocycles. The van der Waals surface area contributed by atoms with E-state index in [-0.39, 0.29) is 0 Å². The Labute approximate surface area is 128 Å². The molecule has 22 heavy (non-hydrogen) atoms. The maximum Gasteiger partial charge on any atom is 0.335 e. The smallest absolute Gasteiger partial charge is 0.335 e. The lowest BCUT2D eigenvalue weighted by atomic mass is 10.1. The number of hydrogen-bond acceptors (Lipinski definition) is 3. The average molecular weight is 289 g/mol. The molecule has 0 unspecified atom stereocenters. The van der Waals surface area contributed by atoms with Gasteiger partial charge in [0.1, 0.15) is 5.75 Å². The molecule has 0 aliphatic rings. The molecule has 0 aliphatic carbocycles. The van der Waals surface area contributed by atoms with Gasteiger partial charge >= 0.3 is 5.97 Å². The predicted molar refractivity (Wildman–Crippen MR) is 89.5 cm³/mol. The summed E-state index contributed by atoms with van der Waals surface area (Å²) in [6.07, 6.45) is 1.14. The molecule has 0 saturated heterocycles. The van der Waals surface area contributed by atoms with E-state index >= 15 is 0 Å². The van der Waals surface area contributed by atoms with Gasteiger partial charge in [0, 0.05) is 17.5 Å². The molecule has 1 N–H and O–H groups in total. The number of carbonyl (C=O) groups is 1. The van der Waals surface area contributed by atoms with Gasteiger partial charge in [-0.3, -0.25) is 0 Å². The summed E-state index contributed by atoms with van der Waals surface area (Å²) in [6.45, 7) is 3.37. The standard InChI is InChI=1S/C19H15NO2/c1-2-19(21)22-18-11-9-16(10-12-18)20-17-8-7-14-5-3-4-6-15(14)13-17/h2-13,20H,1H2. The molecule has 0 fully saturated rings. The minimum Gasteiger partial charge on any atom is -0.423 e. The molecule has 0 spiro atoms. The van der Waals surface area contributed by atoms with E-state index in [2.05, 4.69) is 36.2 Å². The Hall–Kier alpha value is -3.07. The molecular weight excluding hydrogens is 274 g/mol. The normalized spacial score (nSPS) is 10.2. The van der Waals surface area contributed by atoms with E-state index in [0.29, 0.717) is 5.75 Å². The second-order valence-electron chi connectivity index (χ2n) is 4.84. The molecule has 0 atom stereocenters. The summed E-state index contributed by atoms with van der Waals surface area (Å²) < 4.78 is 5.04. The number of anilines is 2. The van der Waals surface area contributed by atoms with Gasteiger partial charge in [-0.15, -0.1) is 0 Å². The Balaban J connectivity index is 1.76. The van der Waals surface area contributed by atoms with Gasteiger partial charge in [-0.25, -0.2) is 4.79 Å². The third-order valence-electron chi connectivity index (χ3n) is 3.28. The van der Waals surface area contributed by atoms with E-state index < -0.39 is 5.97 Å².